The minimum atomic E-state index is 0.214. The lowest BCUT2D eigenvalue weighted by Crippen LogP contribution is -2.33. The van der Waals surface area contributed by atoms with E-state index in [0.717, 1.165) is 24.5 Å². The van der Waals surface area contributed by atoms with Crippen molar-refractivity contribution in [1.29, 1.82) is 0 Å². The third-order valence-electron chi connectivity index (χ3n) is 2.12. The summed E-state index contributed by atoms with van der Waals surface area (Å²) in [5.74, 6) is 2.46. The molecule has 1 heterocycles. The number of carbonyl (C=O) groups is 1. The normalized spacial score (nSPS) is 22.8. The molecule has 0 spiro atoms. The molecule has 1 atom stereocenters. The molecule has 0 aromatic carbocycles. The van der Waals surface area contributed by atoms with E-state index in [1.165, 1.54) is 0 Å². The molecule has 1 rings (SSSR count). The number of thioether (sulfide) groups is 1. The van der Waals surface area contributed by atoms with Gasteiger partial charge in [-0.3, -0.25) is 4.79 Å². The largest absolute Gasteiger partial charge is 0.349 e. The molecule has 0 bridgehead atoms. The maximum absolute atomic E-state index is 11.3. The van der Waals surface area contributed by atoms with Gasteiger partial charge in [-0.25, -0.2) is 5.32 Å². The molecule has 3 nitrogen and oxygen atoms in total. The second-order valence-corrected chi connectivity index (χ2v) is 4.61. The van der Waals surface area contributed by atoms with E-state index in [9.17, 15) is 4.79 Å². The lowest BCUT2D eigenvalue weighted by molar-refractivity contribution is -0.128. The van der Waals surface area contributed by atoms with Crippen molar-refractivity contribution in [3.63, 3.8) is 0 Å². The molecular formula is C9H17N2OS. The Kier molecular flexibility index (Phi) is 4.59. The summed E-state index contributed by atoms with van der Waals surface area (Å²) < 4.78 is 0. The predicted octanol–water partition coefficient (Wildman–Crippen LogP) is 0.575. The number of rotatable bonds is 3. The Hall–Kier alpha value is -0.220. The summed E-state index contributed by atoms with van der Waals surface area (Å²) in [5.41, 5.74) is 0. The molecule has 1 radical (unpaired) electrons. The molecule has 0 saturated carbocycles. The Bertz CT molecular complexity index is 167. The van der Waals surface area contributed by atoms with Crippen LogP contribution in [-0.4, -0.2) is 49.0 Å². The van der Waals surface area contributed by atoms with Crippen LogP contribution in [-0.2, 0) is 4.79 Å². The fourth-order valence-corrected chi connectivity index (χ4v) is 2.21. The number of hydrogen-bond acceptors (Lipinski definition) is 2. The van der Waals surface area contributed by atoms with Gasteiger partial charge in [0, 0.05) is 44.6 Å². The zero-order chi connectivity index (χ0) is 9.68. The highest BCUT2D eigenvalue weighted by Crippen LogP contribution is 2.13. The Morgan fingerprint density at radius 1 is 1.62 bits per heavy atom. The maximum atomic E-state index is 11.3. The van der Waals surface area contributed by atoms with Crippen LogP contribution in [0.2, 0.25) is 0 Å². The minimum absolute atomic E-state index is 0.214. The Morgan fingerprint density at radius 3 is 2.92 bits per heavy atom. The van der Waals surface area contributed by atoms with Crippen LogP contribution in [0.3, 0.4) is 0 Å². The van der Waals surface area contributed by atoms with Gasteiger partial charge in [0.05, 0.1) is 0 Å². The third-order valence-corrected chi connectivity index (χ3v) is 3.22. The van der Waals surface area contributed by atoms with Crippen LogP contribution in [0.25, 0.3) is 0 Å². The van der Waals surface area contributed by atoms with E-state index in [1.54, 1.807) is 19.0 Å². The highest BCUT2D eigenvalue weighted by molar-refractivity contribution is 7.99. The fraction of sp³-hybridized carbons (Fsp3) is 0.889. The van der Waals surface area contributed by atoms with E-state index in [4.69, 9.17) is 0 Å². The Labute approximate surface area is 84.2 Å². The van der Waals surface area contributed by atoms with Crippen LogP contribution < -0.4 is 5.32 Å². The topological polar surface area (TPSA) is 34.4 Å². The first-order valence-corrected chi connectivity index (χ1v) is 5.80. The maximum Gasteiger partial charge on any atom is 0.222 e. The molecule has 4 heteroatoms. The molecule has 1 aliphatic heterocycles. The molecule has 1 amide bonds. The van der Waals surface area contributed by atoms with Gasteiger partial charge in [0.2, 0.25) is 5.91 Å². The SMILES string of the molecule is CN(C)C(=O)CCC1CSCC[N]1. The first-order valence-electron chi connectivity index (χ1n) is 4.64. The number of hydrogen-bond donors (Lipinski definition) is 0. The van der Waals surface area contributed by atoms with Gasteiger partial charge in [-0.2, -0.15) is 11.8 Å². The van der Waals surface area contributed by atoms with Crippen molar-refractivity contribution in [3.05, 3.63) is 0 Å². The Morgan fingerprint density at radius 2 is 2.38 bits per heavy atom. The molecule has 1 aliphatic rings. The van der Waals surface area contributed by atoms with Crippen LogP contribution in [0.4, 0.5) is 0 Å². The summed E-state index contributed by atoms with van der Waals surface area (Å²) in [6, 6.07) is 0.419. The molecule has 75 valence electrons. The molecule has 0 aromatic heterocycles. The molecule has 1 saturated heterocycles. The van der Waals surface area contributed by atoms with E-state index in [2.05, 4.69) is 5.32 Å². The van der Waals surface area contributed by atoms with Crippen molar-refractivity contribution >= 4 is 17.7 Å². The van der Waals surface area contributed by atoms with Crippen molar-refractivity contribution in [2.75, 3.05) is 32.1 Å². The van der Waals surface area contributed by atoms with Gasteiger partial charge in [0.25, 0.3) is 0 Å². The molecule has 1 unspecified atom stereocenters. The monoisotopic (exact) mass is 201 g/mol. The third kappa shape index (κ3) is 4.00. The second kappa shape index (κ2) is 5.50. The van der Waals surface area contributed by atoms with Gasteiger partial charge in [-0.05, 0) is 6.42 Å². The summed E-state index contributed by atoms with van der Waals surface area (Å²) >= 11 is 1.94. The van der Waals surface area contributed by atoms with Gasteiger partial charge in [-0.1, -0.05) is 0 Å². The predicted molar refractivity (Wildman–Crippen MR) is 56.0 cm³/mol. The van der Waals surface area contributed by atoms with E-state index in [1.807, 2.05) is 11.8 Å². The van der Waals surface area contributed by atoms with E-state index < -0.39 is 0 Å². The number of amides is 1. The van der Waals surface area contributed by atoms with Crippen LogP contribution in [0.15, 0.2) is 0 Å². The van der Waals surface area contributed by atoms with Gasteiger partial charge < -0.3 is 4.90 Å². The highest BCUT2D eigenvalue weighted by atomic mass is 32.2. The highest BCUT2D eigenvalue weighted by Gasteiger charge is 2.15. The van der Waals surface area contributed by atoms with Crippen LogP contribution in [0, 0.1) is 0 Å². The van der Waals surface area contributed by atoms with Gasteiger partial charge in [-0.15, -0.1) is 0 Å². The lowest BCUT2D eigenvalue weighted by atomic mass is 10.1. The van der Waals surface area contributed by atoms with Crippen molar-refractivity contribution in [1.82, 2.24) is 10.2 Å². The van der Waals surface area contributed by atoms with Gasteiger partial charge in [0.15, 0.2) is 0 Å². The zero-order valence-electron chi connectivity index (χ0n) is 8.32. The summed E-state index contributed by atoms with van der Waals surface area (Å²) in [6.45, 7) is 0.964. The number of carbonyl (C=O) groups excluding carboxylic acids is 1. The minimum Gasteiger partial charge on any atom is -0.349 e. The number of nitrogens with zero attached hydrogens (tertiary/aromatic N) is 2. The summed E-state index contributed by atoms with van der Waals surface area (Å²) in [4.78, 5) is 12.9. The molecule has 1 fully saturated rings. The van der Waals surface area contributed by atoms with Crippen molar-refractivity contribution < 1.29 is 4.79 Å². The van der Waals surface area contributed by atoms with Crippen LogP contribution in [0.5, 0.6) is 0 Å². The molecule has 0 N–H and O–H groups in total. The molecule has 0 aliphatic carbocycles. The summed E-state index contributed by atoms with van der Waals surface area (Å²) in [5, 5.41) is 4.47. The van der Waals surface area contributed by atoms with Gasteiger partial charge in [0.1, 0.15) is 0 Å². The quantitative estimate of drug-likeness (QED) is 0.669. The van der Waals surface area contributed by atoms with E-state index >= 15 is 0 Å². The van der Waals surface area contributed by atoms with Crippen molar-refractivity contribution in [3.8, 4) is 0 Å². The lowest BCUT2D eigenvalue weighted by Gasteiger charge is -2.21. The molecule has 0 aromatic rings. The van der Waals surface area contributed by atoms with Crippen molar-refractivity contribution in [2.24, 2.45) is 0 Å². The second-order valence-electron chi connectivity index (χ2n) is 3.46. The average Bonchev–Trinajstić information content (AvgIpc) is 2.15. The zero-order valence-corrected chi connectivity index (χ0v) is 9.14. The smallest absolute Gasteiger partial charge is 0.222 e. The van der Waals surface area contributed by atoms with Crippen LogP contribution in [0.1, 0.15) is 12.8 Å². The van der Waals surface area contributed by atoms with E-state index in [0.29, 0.717) is 12.5 Å². The molecule has 13 heavy (non-hydrogen) atoms. The van der Waals surface area contributed by atoms with Crippen molar-refractivity contribution in [2.45, 2.75) is 18.9 Å². The first kappa shape index (κ1) is 10.9. The van der Waals surface area contributed by atoms with Gasteiger partial charge >= 0.3 is 0 Å². The Balaban J connectivity index is 2.13. The van der Waals surface area contributed by atoms with E-state index in [-0.39, 0.29) is 5.91 Å². The standard InChI is InChI=1S/C9H17N2OS/c1-11(2)9(12)4-3-8-7-13-6-5-10-8/h8H,3-7H2,1-2H3. The van der Waals surface area contributed by atoms with Crippen LogP contribution >= 0.6 is 11.8 Å². The average molecular weight is 201 g/mol. The summed E-state index contributed by atoms with van der Waals surface area (Å²) in [6.07, 6.45) is 1.56. The fourth-order valence-electron chi connectivity index (χ4n) is 1.26. The summed E-state index contributed by atoms with van der Waals surface area (Å²) in [7, 11) is 3.60. The first-order chi connectivity index (χ1) is 6.20. The molecular weight excluding hydrogens is 184 g/mol.